The number of hydrogen-bond acceptors (Lipinski definition) is 5. The van der Waals surface area contributed by atoms with E-state index in [4.69, 9.17) is 4.42 Å². The molecular weight excluding hydrogens is 256 g/mol. The molecule has 1 amide bonds. The van der Waals surface area contributed by atoms with E-state index >= 15 is 0 Å². The van der Waals surface area contributed by atoms with E-state index in [1.165, 1.54) is 18.6 Å². The van der Waals surface area contributed by atoms with E-state index in [9.17, 15) is 4.79 Å². The van der Waals surface area contributed by atoms with Crippen LogP contribution >= 0.6 is 0 Å². The summed E-state index contributed by atoms with van der Waals surface area (Å²) in [7, 11) is 0. The van der Waals surface area contributed by atoms with Gasteiger partial charge in [-0.15, -0.1) is 0 Å². The minimum absolute atomic E-state index is 0.257. The number of aromatic nitrogens is 3. The van der Waals surface area contributed by atoms with Gasteiger partial charge in [-0.25, -0.2) is 9.97 Å². The molecule has 20 heavy (non-hydrogen) atoms. The quantitative estimate of drug-likeness (QED) is 0.784. The predicted molar refractivity (Wildman–Crippen MR) is 71.9 cm³/mol. The van der Waals surface area contributed by atoms with Gasteiger partial charge in [0.2, 0.25) is 0 Å². The van der Waals surface area contributed by atoms with Gasteiger partial charge in [0.05, 0.1) is 6.20 Å². The van der Waals surface area contributed by atoms with Crippen LogP contribution in [-0.2, 0) is 6.54 Å². The first kappa shape index (κ1) is 12.3. The summed E-state index contributed by atoms with van der Waals surface area (Å²) < 4.78 is 5.45. The standard InChI is InChI=1S/C14H12N4O2/c1-9-18-11-3-2-10(6-13(11)20-9)7-17-14(19)12-8-15-4-5-16-12/h2-6,8H,7H2,1H3,(H,17,19). The molecule has 0 aliphatic rings. The molecule has 6 nitrogen and oxygen atoms in total. The minimum atomic E-state index is -0.257. The molecule has 2 heterocycles. The third-order valence-electron chi connectivity index (χ3n) is 2.81. The molecule has 0 fully saturated rings. The number of hydrogen-bond donors (Lipinski definition) is 1. The first-order chi connectivity index (χ1) is 9.72. The van der Waals surface area contributed by atoms with Gasteiger partial charge in [0.25, 0.3) is 5.91 Å². The molecule has 0 atom stereocenters. The molecule has 0 radical (unpaired) electrons. The molecule has 0 bridgehead atoms. The van der Waals surface area contributed by atoms with Crippen LogP contribution in [-0.4, -0.2) is 20.9 Å². The van der Waals surface area contributed by atoms with Crippen molar-refractivity contribution >= 4 is 17.0 Å². The molecule has 1 aromatic carbocycles. The van der Waals surface area contributed by atoms with E-state index in [-0.39, 0.29) is 5.91 Å². The van der Waals surface area contributed by atoms with Crippen LogP contribution in [0.15, 0.2) is 41.2 Å². The molecule has 3 rings (SSSR count). The van der Waals surface area contributed by atoms with Gasteiger partial charge < -0.3 is 9.73 Å². The number of carbonyl (C=O) groups is 1. The smallest absolute Gasteiger partial charge is 0.271 e. The molecule has 0 saturated heterocycles. The molecule has 3 aromatic rings. The van der Waals surface area contributed by atoms with E-state index < -0.39 is 0 Å². The molecule has 0 saturated carbocycles. The van der Waals surface area contributed by atoms with Crippen molar-refractivity contribution in [3.63, 3.8) is 0 Å². The number of nitrogens with zero attached hydrogens (tertiary/aromatic N) is 3. The molecule has 0 spiro atoms. The Bertz CT molecular complexity index is 752. The van der Waals surface area contributed by atoms with Crippen LogP contribution in [0.3, 0.4) is 0 Å². The maximum atomic E-state index is 11.8. The number of benzene rings is 1. The third kappa shape index (κ3) is 2.49. The van der Waals surface area contributed by atoms with Gasteiger partial charge in [0.15, 0.2) is 11.5 Å². The maximum Gasteiger partial charge on any atom is 0.271 e. The van der Waals surface area contributed by atoms with Crippen molar-refractivity contribution < 1.29 is 9.21 Å². The lowest BCUT2D eigenvalue weighted by atomic mass is 10.2. The SMILES string of the molecule is Cc1nc2ccc(CNC(=O)c3cnccn3)cc2o1. The lowest BCUT2D eigenvalue weighted by Crippen LogP contribution is -2.23. The van der Waals surface area contributed by atoms with Crippen molar-refractivity contribution in [2.45, 2.75) is 13.5 Å². The summed E-state index contributed by atoms with van der Waals surface area (Å²) in [5.74, 6) is 0.368. The van der Waals surface area contributed by atoms with Crippen molar-refractivity contribution in [1.82, 2.24) is 20.3 Å². The van der Waals surface area contributed by atoms with Gasteiger partial charge in [-0.1, -0.05) is 6.07 Å². The zero-order chi connectivity index (χ0) is 13.9. The second kappa shape index (κ2) is 5.08. The second-order valence-corrected chi connectivity index (χ2v) is 4.31. The zero-order valence-corrected chi connectivity index (χ0v) is 10.8. The number of amides is 1. The van der Waals surface area contributed by atoms with Gasteiger partial charge in [-0.2, -0.15) is 0 Å². The minimum Gasteiger partial charge on any atom is -0.441 e. The average molecular weight is 268 g/mol. The zero-order valence-electron chi connectivity index (χ0n) is 10.8. The van der Waals surface area contributed by atoms with E-state index in [1.54, 1.807) is 6.92 Å². The fourth-order valence-corrected chi connectivity index (χ4v) is 1.88. The molecule has 1 N–H and O–H groups in total. The van der Waals surface area contributed by atoms with Gasteiger partial charge in [-0.3, -0.25) is 9.78 Å². The van der Waals surface area contributed by atoms with Crippen LogP contribution in [0.4, 0.5) is 0 Å². The van der Waals surface area contributed by atoms with Crippen molar-refractivity contribution in [1.29, 1.82) is 0 Å². The first-order valence-corrected chi connectivity index (χ1v) is 6.12. The van der Waals surface area contributed by atoms with Crippen LogP contribution in [0.5, 0.6) is 0 Å². The van der Waals surface area contributed by atoms with Crippen LogP contribution in [0.2, 0.25) is 0 Å². The fourth-order valence-electron chi connectivity index (χ4n) is 1.88. The molecule has 0 aliphatic heterocycles. The van der Waals surface area contributed by atoms with Gasteiger partial charge in [0, 0.05) is 25.9 Å². The number of carbonyl (C=O) groups excluding carboxylic acids is 1. The van der Waals surface area contributed by atoms with E-state index in [0.29, 0.717) is 23.7 Å². The number of aryl methyl sites for hydroxylation is 1. The predicted octanol–water partition coefficient (Wildman–Crippen LogP) is 1.86. The Kier molecular flexibility index (Phi) is 3.12. The van der Waals surface area contributed by atoms with Crippen LogP contribution in [0, 0.1) is 6.92 Å². The Morgan fingerprint density at radius 2 is 2.25 bits per heavy atom. The third-order valence-corrected chi connectivity index (χ3v) is 2.81. The molecule has 0 aliphatic carbocycles. The lowest BCUT2D eigenvalue weighted by Gasteiger charge is -2.04. The molecule has 0 unspecified atom stereocenters. The normalized spacial score (nSPS) is 10.7. The van der Waals surface area contributed by atoms with Gasteiger partial charge >= 0.3 is 0 Å². The summed E-state index contributed by atoms with van der Waals surface area (Å²) in [6, 6.07) is 5.64. The highest BCUT2D eigenvalue weighted by atomic mass is 16.3. The number of nitrogens with one attached hydrogen (secondary N) is 1. The topological polar surface area (TPSA) is 80.9 Å². The van der Waals surface area contributed by atoms with E-state index in [2.05, 4.69) is 20.3 Å². The first-order valence-electron chi connectivity index (χ1n) is 6.12. The monoisotopic (exact) mass is 268 g/mol. The Labute approximate surface area is 114 Å². The molecule has 2 aromatic heterocycles. The Hall–Kier alpha value is -2.76. The van der Waals surface area contributed by atoms with Crippen LogP contribution in [0.25, 0.3) is 11.1 Å². The van der Waals surface area contributed by atoms with Crippen molar-refractivity contribution in [2.24, 2.45) is 0 Å². The van der Waals surface area contributed by atoms with Crippen LogP contribution < -0.4 is 5.32 Å². The van der Waals surface area contributed by atoms with Crippen LogP contribution in [0.1, 0.15) is 21.9 Å². The summed E-state index contributed by atoms with van der Waals surface area (Å²) in [5, 5.41) is 2.78. The number of oxazole rings is 1. The summed E-state index contributed by atoms with van der Waals surface area (Å²) in [4.78, 5) is 23.9. The summed E-state index contributed by atoms with van der Waals surface area (Å²) in [6.45, 7) is 2.20. The lowest BCUT2D eigenvalue weighted by molar-refractivity contribution is 0.0945. The summed E-state index contributed by atoms with van der Waals surface area (Å²) in [6.07, 6.45) is 4.44. The molecular formula is C14H12N4O2. The number of fused-ring (bicyclic) bond motifs is 1. The van der Waals surface area contributed by atoms with Gasteiger partial charge in [-0.05, 0) is 17.7 Å². The summed E-state index contributed by atoms with van der Waals surface area (Å²) in [5.41, 5.74) is 2.76. The Balaban J connectivity index is 1.72. The highest BCUT2D eigenvalue weighted by Crippen LogP contribution is 2.16. The Morgan fingerprint density at radius 1 is 1.35 bits per heavy atom. The van der Waals surface area contributed by atoms with Crippen molar-refractivity contribution in [2.75, 3.05) is 0 Å². The number of rotatable bonds is 3. The fraction of sp³-hybridized carbons (Fsp3) is 0.143. The Morgan fingerprint density at radius 3 is 3.05 bits per heavy atom. The highest BCUT2D eigenvalue weighted by molar-refractivity contribution is 5.91. The van der Waals surface area contributed by atoms with Crippen molar-refractivity contribution in [3.8, 4) is 0 Å². The average Bonchev–Trinajstić information content (AvgIpc) is 2.85. The largest absolute Gasteiger partial charge is 0.441 e. The highest BCUT2D eigenvalue weighted by Gasteiger charge is 2.07. The van der Waals surface area contributed by atoms with E-state index in [0.717, 1.165) is 11.1 Å². The molecule has 6 heteroatoms. The van der Waals surface area contributed by atoms with Gasteiger partial charge in [0.1, 0.15) is 11.2 Å². The van der Waals surface area contributed by atoms with E-state index in [1.807, 2.05) is 18.2 Å². The summed E-state index contributed by atoms with van der Waals surface area (Å²) >= 11 is 0. The second-order valence-electron chi connectivity index (χ2n) is 4.31. The molecule has 100 valence electrons. The van der Waals surface area contributed by atoms with Crippen molar-refractivity contribution in [3.05, 3.63) is 53.9 Å². The maximum absolute atomic E-state index is 11.8.